The minimum Gasteiger partial charge on any atom is -0.481 e. The molecule has 0 heterocycles. The lowest BCUT2D eigenvalue weighted by Gasteiger charge is -2.05. The van der Waals surface area contributed by atoms with Crippen LogP contribution in [0.2, 0.25) is 0 Å². The van der Waals surface area contributed by atoms with E-state index in [-0.39, 0.29) is 6.42 Å². The molecule has 0 saturated heterocycles. The van der Waals surface area contributed by atoms with E-state index in [4.69, 9.17) is 10.2 Å². The molecule has 0 aromatic carbocycles. The van der Waals surface area contributed by atoms with Crippen molar-refractivity contribution < 1.29 is 15.0 Å². The summed E-state index contributed by atoms with van der Waals surface area (Å²) >= 11 is 0. The number of carbonyl (C=O) groups is 1. The second kappa shape index (κ2) is 5.23. The van der Waals surface area contributed by atoms with Gasteiger partial charge in [0.25, 0.3) is 0 Å². The lowest BCUT2D eigenvalue weighted by molar-refractivity contribution is -0.137. The first-order valence-electron chi connectivity index (χ1n) is 3.56. The van der Waals surface area contributed by atoms with Crippen molar-refractivity contribution in [2.45, 2.75) is 38.7 Å². The van der Waals surface area contributed by atoms with E-state index >= 15 is 0 Å². The second-order valence-corrected chi connectivity index (χ2v) is 2.37. The molecule has 0 aliphatic carbocycles. The number of aliphatic carboxylic acids is 1. The molecule has 10 heavy (non-hydrogen) atoms. The van der Waals surface area contributed by atoms with E-state index in [1.807, 2.05) is 6.92 Å². The Morgan fingerprint density at radius 2 is 2.10 bits per heavy atom. The predicted molar refractivity (Wildman–Crippen MR) is 37.8 cm³/mol. The highest BCUT2D eigenvalue weighted by Gasteiger charge is 2.04. The fraction of sp³-hybridized carbons (Fsp3) is 0.857. The van der Waals surface area contributed by atoms with Gasteiger partial charge in [0, 0.05) is 6.42 Å². The maximum absolute atomic E-state index is 10.00. The Balaban J connectivity index is 3.21. The Bertz CT molecular complexity index is 101. The van der Waals surface area contributed by atoms with Crippen LogP contribution in [0.5, 0.6) is 0 Å². The van der Waals surface area contributed by atoms with Crippen LogP contribution in [0.15, 0.2) is 0 Å². The van der Waals surface area contributed by atoms with Crippen LogP contribution in [0.25, 0.3) is 0 Å². The van der Waals surface area contributed by atoms with E-state index in [9.17, 15) is 4.79 Å². The first-order chi connectivity index (χ1) is 4.66. The SMILES string of the molecule is CCCC(O)CCC(=O)O. The first-order valence-corrected chi connectivity index (χ1v) is 3.56. The summed E-state index contributed by atoms with van der Waals surface area (Å²) in [5, 5.41) is 17.3. The third-order valence-electron chi connectivity index (χ3n) is 1.31. The van der Waals surface area contributed by atoms with Crippen LogP contribution >= 0.6 is 0 Å². The number of rotatable bonds is 5. The molecule has 2 N–H and O–H groups in total. The molecule has 3 nitrogen and oxygen atoms in total. The molecule has 0 aliphatic heterocycles. The zero-order chi connectivity index (χ0) is 7.98. The second-order valence-electron chi connectivity index (χ2n) is 2.37. The van der Waals surface area contributed by atoms with Crippen molar-refractivity contribution in [2.24, 2.45) is 0 Å². The normalized spacial score (nSPS) is 13.0. The van der Waals surface area contributed by atoms with Gasteiger partial charge in [-0.25, -0.2) is 0 Å². The quantitative estimate of drug-likeness (QED) is 0.608. The van der Waals surface area contributed by atoms with Crippen molar-refractivity contribution in [3.05, 3.63) is 0 Å². The number of hydrogen-bond acceptors (Lipinski definition) is 2. The maximum Gasteiger partial charge on any atom is 0.303 e. The number of aliphatic hydroxyl groups is 1. The van der Waals surface area contributed by atoms with Gasteiger partial charge in [0.2, 0.25) is 0 Å². The van der Waals surface area contributed by atoms with Gasteiger partial charge in [-0.15, -0.1) is 0 Å². The van der Waals surface area contributed by atoms with Crippen LogP contribution < -0.4 is 0 Å². The molecule has 1 atom stereocenters. The average molecular weight is 146 g/mol. The van der Waals surface area contributed by atoms with Crippen LogP contribution in [0.3, 0.4) is 0 Å². The van der Waals surface area contributed by atoms with Crippen molar-refractivity contribution in [1.82, 2.24) is 0 Å². The van der Waals surface area contributed by atoms with Gasteiger partial charge in [-0.1, -0.05) is 13.3 Å². The summed E-state index contributed by atoms with van der Waals surface area (Å²) in [6, 6.07) is 0. The summed E-state index contributed by atoms with van der Waals surface area (Å²) in [5.74, 6) is -0.838. The fourth-order valence-electron chi connectivity index (χ4n) is 0.768. The minimum absolute atomic E-state index is 0.0706. The van der Waals surface area contributed by atoms with Crippen LogP contribution in [-0.2, 0) is 4.79 Å². The van der Waals surface area contributed by atoms with Crippen molar-refractivity contribution in [1.29, 1.82) is 0 Å². The number of carboxylic acid groups (broad SMARTS) is 1. The highest BCUT2D eigenvalue weighted by Crippen LogP contribution is 2.03. The molecule has 0 spiro atoms. The molecule has 0 rings (SSSR count). The van der Waals surface area contributed by atoms with E-state index in [2.05, 4.69) is 0 Å². The molecule has 0 fully saturated rings. The molecule has 0 aromatic rings. The van der Waals surface area contributed by atoms with Crippen LogP contribution in [0.4, 0.5) is 0 Å². The lowest BCUT2D eigenvalue weighted by atomic mass is 10.1. The van der Waals surface area contributed by atoms with Crippen molar-refractivity contribution in [3.63, 3.8) is 0 Å². The van der Waals surface area contributed by atoms with Gasteiger partial charge in [0.05, 0.1) is 6.10 Å². The topological polar surface area (TPSA) is 57.5 Å². The smallest absolute Gasteiger partial charge is 0.303 e. The van der Waals surface area contributed by atoms with Gasteiger partial charge in [-0.3, -0.25) is 4.79 Å². The summed E-state index contributed by atoms with van der Waals surface area (Å²) in [5.41, 5.74) is 0. The summed E-state index contributed by atoms with van der Waals surface area (Å²) < 4.78 is 0. The van der Waals surface area contributed by atoms with Crippen molar-refractivity contribution >= 4 is 5.97 Å². The van der Waals surface area contributed by atoms with Gasteiger partial charge in [0.15, 0.2) is 0 Å². The molecular formula is C7H14O3. The highest BCUT2D eigenvalue weighted by molar-refractivity contribution is 5.66. The lowest BCUT2D eigenvalue weighted by Crippen LogP contribution is -2.08. The third kappa shape index (κ3) is 5.56. The Hall–Kier alpha value is -0.570. The monoisotopic (exact) mass is 146 g/mol. The van der Waals surface area contributed by atoms with E-state index in [1.54, 1.807) is 0 Å². The van der Waals surface area contributed by atoms with E-state index in [0.29, 0.717) is 12.8 Å². The summed E-state index contributed by atoms with van der Waals surface area (Å²) in [6.45, 7) is 1.96. The van der Waals surface area contributed by atoms with Gasteiger partial charge in [-0.2, -0.15) is 0 Å². The molecule has 0 saturated carbocycles. The fourth-order valence-corrected chi connectivity index (χ4v) is 0.768. The van der Waals surface area contributed by atoms with Gasteiger partial charge in [-0.05, 0) is 12.8 Å². The molecule has 0 radical (unpaired) electrons. The number of carboxylic acids is 1. The van der Waals surface area contributed by atoms with Crippen LogP contribution in [0.1, 0.15) is 32.6 Å². The standard InChI is InChI=1S/C7H14O3/c1-2-3-6(8)4-5-7(9)10/h6,8H,2-5H2,1H3,(H,9,10). The number of aliphatic hydroxyl groups excluding tert-OH is 1. The van der Waals surface area contributed by atoms with Gasteiger partial charge in [0.1, 0.15) is 0 Å². The molecular weight excluding hydrogens is 132 g/mol. The molecule has 0 aromatic heterocycles. The molecule has 3 heteroatoms. The highest BCUT2D eigenvalue weighted by atomic mass is 16.4. The Labute approximate surface area is 60.7 Å². The first kappa shape index (κ1) is 9.43. The average Bonchev–Trinajstić information content (AvgIpc) is 1.85. The van der Waals surface area contributed by atoms with E-state index < -0.39 is 12.1 Å². The molecule has 0 bridgehead atoms. The van der Waals surface area contributed by atoms with E-state index in [0.717, 1.165) is 6.42 Å². The van der Waals surface area contributed by atoms with Crippen molar-refractivity contribution in [2.75, 3.05) is 0 Å². The maximum atomic E-state index is 10.00. The van der Waals surface area contributed by atoms with Crippen LogP contribution in [0, 0.1) is 0 Å². The Morgan fingerprint density at radius 3 is 2.50 bits per heavy atom. The van der Waals surface area contributed by atoms with Crippen LogP contribution in [-0.4, -0.2) is 22.3 Å². The van der Waals surface area contributed by atoms with E-state index in [1.165, 1.54) is 0 Å². The molecule has 0 aliphatic rings. The summed E-state index contributed by atoms with van der Waals surface area (Å²) in [4.78, 5) is 10.00. The zero-order valence-corrected chi connectivity index (χ0v) is 6.21. The minimum atomic E-state index is -0.838. The van der Waals surface area contributed by atoms with Gasteiger partial charge < -0.3 is 10.2 Å². The van der Waals surface area contributed by atoms with Crippen molar-refractivity contribution in [3.8, 4) is 0 Å². The Kier molecular flexibility index (Phi) is 4.94. The molecule has 60 valence electrons. The zero-order valence-electron chi connectivity index (χ0n) is 6.21. The van der Waals surface area contributed by atoms with Gasteiger partial charge >= 0.3 is 5.97 Å². The Morgan fingerprint density at radius 1 is 1.50 bits per heavy atom. The summed E-state index contributed by atoms with van der Waals surface area (Å²) in [6.07, 6.45) is 1.62. The molecule has 0 amide bonds. The summed E-state index contributed by atoms with van der Waals surface area (Å²) in [7, 11) is 0. The predicted octanol–water partition coefficient (Wildman–Crippen LogP) is 1.01. The largest absolute Gasteiger partial charge is 0.481 e. The number of hydrogen-bond donors (Lipinski definition) is 2. The molecule has 1 unspecified atom stereocenters. The third-order valence-corrected chi connectivity index (χ3v) is 1.31.